The Bertz CT molecular complexity index is 4240. The Labute approximate surface area is 425 Å². The topological polar surface area (TPSA) is 8.17 Å². The fourth-order valence-electron chi connectivity index (χ4n) is 10.6. The van der Waals surface area contributed by atoms with Crippen molar-refractivity contribution >= 4 is 38.9 Å². The first-order valence-electron chi connectivity index (χ1n) is 27.6. The standard InChI is InChI=1S/C69H50N2/c1-69(2)64-26-14-12-23-61(64)62-42-35-52(46-65(62)69)54-43-53(44-55(45-54)60-25-16-28-67-68(60)63-24-13-15-27-66(63)71(67)56-21-10-5-11-22-56)51-33-40-59(41-34-51)70(57-36-29-49(30-37-57)47-17-6-3-7-18-47)58-38-31-50(32-39-58)48-19-8-4-9-20-48/h3-46H,1-2H3/i12D,14D,23D,26D,43D,44D,45D. The van der Waals surface area contributed by atoms with E-state index in [1.807, 2.05) is 135 Å². The molecule has 336 valence electrons. The summed E-state index contributed by atoms with van der Waals surface area (Å²) in [6.07, 6.45) is 0. The summed E-state index contributed by atoms with van der Waals surface area (Å²) in [4.78, 5) is 2.21. The number of hydrogen-bond acceptors (Lipinski definition) is 1. The van der Waals surface area contributed by atoms with Crippen molar-refractivity contribution in [2.45, 2.75) is 19.3 Å². The molecule has 1 aromatic heterocycles. The number of anilines is 3. The fourth-order valence-corrected chi connectivity index (χ4v) is 10.6. The van der Waals surface area contributed by atoms with Crippen molar-refractivity contribution in [1.82, 2.24) is 4.57 Å². The quantitative estimate of drug-likeness (QED) is 0.140. The summed E-state index contributed by atoms with van der Waals surface area (Å²) in [7, 11) is 0. The zero-order valence-electron chi connectivity index (χ0n) is 46.3. The van der Waals surface area contributed by atoms with Gasteiger partial charge < -0.3 is 9.47 Å². The van der Waals surface area contributed by atoms with Gasteiger partial charge in [-0.25, -0.2) is 0 Å². The summed E-state index contributed by atoms with van der Waals surface area (Å²) in [6.45, 7) is 3.94. The summed E-state index contributed by atoms with van der Waals surface area (Å²) in [5.41, 5.74) is 14.8. The summed E-state index contributed by atoms with van der Waals surface area (Å²) >= 11 is 0. The predicted octanol–water partition coefficient (Wildman–Crippen LogP) is 18.9. The van der Waals surface area contributed by atoms with Gasteiger partial charge in [0.25, 0.3) is 0 Å². The van der Waals surface area contributed by atoms with Crippen LogP contribution in [0.1, 0.15) is 34.6 Å². The average molecular weight is 914 g/mol. The van der Waals surface area contributed by atoms with Gasteiger partial charge in [-0.15, -0.1) is 0 Å². The average Bonchev–Trinajstić information content (AvgIpc) is 4.16. The Kier molecular flexibility index (Phi) is 8.53. The Hall–Kier alpha value is -8.98. The lowest BCUT2D eigenvalue weighted by Gasteiger charge is -2.26. The van der Waals surface area contributed by atoms with Gasteiger partial charge in [0.2, 0.25) is 0 Å². The van der Waals surface area contributed by atoms with E-state index in [4.69, 9.17) is 5.48 Å². The molecule has 2 heteroatoms. The highest BCUT2D eigenvalue weighted by Gasteiger charge is 2.35. The van der Waals surface area contributed by atoms with E-state index >= 15 is 0 Å². The molecule has 0 saturated heterocycles. The Morgan fingerprint density at radius 3 is 1.46 bits per heavy atom. The van der Waals surface area contributed by atoms with Crippen molar-refractivity contribution in [2.75, 3.05) is 4.90 Å². The van der Waals surface area contributed by atoms with Crippen molar-refractivity contribution in [2.24, 2.45) is 0 Å². The number of nitrogens with zero attached hydrogens (tertiary/aromatic N) is 2. The van der Waals surface area contributed by atoms with Crippen molar-refractivity contribution in [3.8, 4) is 72.4 Å². The number of fused-ring (bicyclic) bond motifs is 6. The van der Waals surface area contributed by atoms with Crippen LogP contribution in [0.15, 0.2) is 267 Å². The molecule has 0 radical (unpaired) electrons. The van der Waals surface area contributed by atoms with Gasteiger partial charge in [0, 0.05) is 38.9 Å². The number of benzene rings is 11. The third-order valence-corrected chi connectivity index (χ3v) is 14.2. The lowest BCUT2D eigenvalue weighted by atomic mass is 9.81. The third kappa shape index (κ3) is 7.35. The number of para-hydroxylation sites is 2. The van der Waals surface area contributed by atoms with E-state index in [1.54, 1.807) is 0 Å². The molecule has 1 heterocycles. The van der Waals surface area contributed by atoms with Gasteiger partial charge in [0.1, 0.15) is 0 Å². The van der Waals surface area contributed by atoms with Crippen LogP contribution < -0.4 is 4.90 Å². The number of hydrogen-bond donors (Lipinski definition) is 0. The van der Waals surface area contributed by atoms with Crippen LogP contribution in [0.4, 0.5) is 17.1 Å². The first-order valence-corrected chi connectivity index (χ1v) is 24.1. The molecule has 0 amide bonds. The molecule has 0 spiro atoms. The summed E-state index contributed by atoms with van der Waals surface area (Å²) in [5.74, 6) is 0. The Morgan fingerprint density at radius 2 is 0.845 bits per heavy atom. The lowest BCUT2D eigenvalue weighted by molar-refractivity contribution is 0.660. The SMILES string of the molecule is [2H]c1c([2H])c([2H])c2c(c1[2H])-c1ccc(-c3c([2H])c(-c4ccc(N(c5ccc(-c6ccccc6)cc5)c5ccc(-c6ccccc6)cc5)cc4)c([2H])c(-c4cccc5c4c4ccccc4n5-c4ccccc4)c3[2H])cc1C2(C)C. The molecule has 0 N–H and O–H groups in total. The van der Waals surface area contributed by atoms with Crippen molar-refractivity contribution < 1.29 is 9.60 Å². The highest BCUT2D eigenvalue weighted by atomic mass is 15.1. The number of rotatable bonds is 9. The second kappa shape index (κ2) is 17.2. The first-order chi connectivity index (χ1) is 37.9. The van der Waals surface area contributed by atoms with Gasteiger partial charge in [-0.1, -0.05) is 196 Å². The number of aromatic nitrogens is 1. The molecule has 13 rings (SSSR count). The minimum absolute atomic E-state index is 0.0303. The first kappa shape index (κ1) is 35.2. The normalized spacial score (nSPS) is 13.9. The molecule has 0 saturated carbocycles. The summed E-state index contributed by atoms with van der Waals surface area (Å²) in [5, 5.41) is 1.86. The molecule has 11 aromatic carbocycles. The molecule has 0 aliphatic heterocycles. The summed E-state index contributed by atoms with van der Waals surface area (Å²) in [6, 6.07) is 75.4. The molecule has 0 atom stereocenters. The molecule has 12 aromatic rings. The highest BCUT2D eigenvalue weighted by Crippen LogP contribution is 2.50. The smallest absolute Gasteiger partial charge is 0.0636 e. The molecule has 0 unspecified atom stereocenters. The van der Waals surface area contributed by atoms with Crippen LogP contribution in [-0.4, -0.2) is 4.57 Å². The molecule has 1 aliphatic rings. The van der Waals surface area contributed by atoms with Gasteiger partial charge in [0.05, 0.1) is 20.6 Å². The zero-order valence-corrected chi connectivity index (χ0v) is 39.3. The van der Waals surface area contributed by atoms with Gasteiger partial charge >= 0.3 is 0 Å². The van der Waals surface area contributed by atoms with Crippen molar-refractivity contribution in [3.63, 3.8) is 0 Å². The molecule has 0 bridgehead atoms. The molecule has 71 heavy (non-hydrogen) atoms. The van der Waals surface area contributed by atoms with Crippen LogP contribution in [0.5, 0.6) is 0 Å². The van der Waals surface area contributed by atoms with E-state index < -0.39 is 5.41 Å². The van der Waals surface area contributed by atoms with E-state index in [-0.39, 0.29) is 42.3 Å². The van der Waals surface area contributed by atoms with E-state index in [0.29, 0.717) is 50.1 Å². The van der Waals surface area contributed by atoms with E-state index in [0.717, 1.165) is 72.4 Å². The van der Waals surface area contributed by atoms with Crippen LogP contribution in [-0.2, 0) is 5.41 Å². The van der Waals surface area contributed by atoms with Gasteiger partial charge in [-0.2, -0.15) is 0 Å². The molecule has 2 nitrogen and oxygen atoms in total. The summed E-state index contributed by atoms with van der Waals surface area (Å²) < 4.78 is 68.3. The van der Waals surface area contributed by atoms with Gasteiger partial charge in [-0.3, -0.25) is 0 Å². The molecule has 0 fully saturated rings. The molecule has 1 aliphatic carbocycles. The maximum atomic E-state index is 10.3. The van der Waals surface area contributed by atoms with Gasteiger partial charge in [0.15, 0.2) is 0 Å². The second-order valence-corrected chi connectivity index (χ2v) is 18.7. The van der Waals surface area contributed by atoms with E-state index in [2.05, 4.69) is 113 Å². The zero-order chi connectivity index (χ0) is 53.6. The minimum atomic E-state index is -0.835. The third-order valence-electron chi connectivity index (χ3n) is 14.2. The molecular weight excluding hydrogens is 857 g/mol. The Morgan fingerprint density at radius 1 is 0.366 bits per heavy atom. The largest absolute Gasteiger partial charge is 0.311 e. The molecular formula is C69H50N2. The van der Waals surface area contributed by atoms with Gasteiger partial charge in [-0.05, 0) is 163 Å². The van der Waals surface area contributed by atoms with E-state index in [9.17, 15) is 4.11 Å². The van der Waals surface area contributed by atoms with Crippen LogP contribution in [0.25, 0.3) is 94.3 Å². The minimum Gasteiger partial charge on any atom is -0.311 e. The van der Waals surface area contributed by atoms with Crippen LogP contribution >= 0.6 is 0 Å². The van der Waals surface area contributed by atoms with Crippen molar-refractivity contribution in [3.05, 3.63) is 278 Å². The Balaban J connectivity index is 1.02. The highest BCUT2D eigenvalue weighted by molar-refractivity contribution is 6.16. The second-order valence-electron chi connectivity index (χ2n) is 18.7. The maximum absolute atomic E-state index is 10.3. The lowest BCUT2D eigenvalue weighted by Crippen LogP contribution is -2.14. The monoisotopic (exact) mass is 913 g/mol. The fraction of sp³-hybridized carbons (Fsp3) is 0.0435. The van der Waals surface area contributed by atoms with Crippen LogP contribution in [0.3, 0.4) is 0 Å². The van der Waals surface area contributed by atoms with Crippen LogP contribution in [0.2, 0.25) is 0 Å². The maximum Gasteiger partial charge on any atom is 0.0636 e. The predicted molar refractivity (Wildman–Crippen MR) is 300 cm³/mol. The van der Waals surface area contributed by atoms with Crippen LogP contribution in [0, 0.1) is 0 Å². The van der Waals surface area contributed by atoms with E-state index in [1.165, 1.54) is 0 Å². The van der Waals surface area contributed by atoms with Crippen molar-refractivity contribution in [1.29, 1.82) is 0 Å².